The van der Waals surface area contributed by atoms with Gasteiger partial charge in [0.2, 0.25) is 11.8 Å². The van der Waals surface area contributed by atoms with Crippen LogP contribution in [0.5, 0.6) is 5.75 Å². The summed E-state index contributed by atoms with van der Waals surface area (Å²) in [6, 6.07) is 4.32. The molecule has 0 aromatic heterocycles. The van der Waals surface area contributed by atoms with E-state index in [9.17, 15) is 14.4 Å². The molecule has 4 unspecified atom stereocenters. The number of hydrogen-bond acceptors (Lipinski definition) is 5. The fraction of sp³-hybridized carbons (Fsp3) is 0.400. The van der Waals surface area contributed by atoms with Gasteiger partial charge in [0.15, 0.2) is 5.75 Å². The Kier molecular flexibility index (Phi) is 3.93. The highest BCUT2D eigenvalue weighted by atomic mass is 35.5. The number of carbonyl (C=O) groups is 3. The second kappa shape index (κ2) is 7.74. The normalized spacial score (nSPS) is 33.3. The van der Waals surface area contributed by atoms with Gasteiger partial charge in [0.05, 0.1) is 45.4 Å². The largest absolute Gasteiger partial charge is 0.494 e. The molecule has 0 aliphatic carbocycles. The number of anilines is 2. The summed E-state index contributed by atoms with van der Waals surface area (Å²) < 4.78 is 54.8. The van der Waals surface area contributed by atoms with Gasteiger partial charge in [0.1, 0.15) is 5.54 Å². The van der Waals surface area contributed by atoms with E-state index in [0.29, 0.717) is 0 Å². The number of amides is 3. The fourth-order valence-corrected chi connectivity index (χ4v) is 7.57. The molecular formula is C25H21Cl4N3O4. The van der Waals surface area contributed by atoms with Crippen molar-refractivity contribution in [3.8, 4) is 5.75 Å². The lowest BCUT2D eigenvalue weighted by Gasteiger charge is -2.37. The predicted octanol–water partition coefficient (Wildman–Crippen LogP) is 5.38. The maximum Gasteiger partial charge on any atom is 0.250 e. The van der Waals surface area contributed by atoms with Gasteiger partial charge in [-0.1, -0.05) is 60.1 Å². The molecule has 0 saturated carbocycles. The van der Waals surface area contributed by atoms with Crippen LogP contribution in [0.3, 0.4) is 0 Å². The van der Waals surface area contributed by atoms with Gasteiger partial charge in [-0.2, -0.15) is 0 Å². The molecule has 0 radical (unpaired) electrons. The van der Waals surface area contributed by atoms with Gasteiger partial charge in [0, 0.05) is 31.4 Å². The molecule has 3 saturated heterocycles. The Hall–Kier alpha value is -2.03. The van der Waals surface area contributed by atoms with Crippen LogP contribution in [-0.4, -0.2) is 42.3 Å². The first-order chi connectivity index (χ1) is 19.4. The number of nitrogens with one attached hydrogen (secondary N) is 1. The summed E-state index contributed by atoms with van der Waals surface area (Å²) in [4.78, 5) is 44.9. The van der Waals surface area contributed by atoms with E-state index < -0.39 is 73.2 Å². The minimum absolute atomic E-state index is 0.00978. The van der Waals surface area contributed by atoms with Gasteiger partial charge in [0.25, 0.3) is 5.91 Å². The van der Waals surface area contributed by atoms with E-state index in [1.807, 2.05) is 0 Å². The van der Waals surface area contributed by atoms with Crippen LogP contribution in [-0.2, 0) is 19.9 Å². The molecule has 4 aliphatic heterocycles. The zero-order valence-corrected chi connectivity index (χ0v) is 21.5. The van der Waals surface area contributed by atoms with Gasteiger partial charge in [-0.05, 0) is 36.1 Å². The van der Waals surface area contributed by atoms with Crippen molar-refractivity contribution in [1.82, 2.24) is 4.90 Å². The number of ether oxygens (including phenoxy) is 1. The van der Waals surface area contributed by atoms with Crippen LogP contribution in [0, 0.1) is 17.3 Å². The van der Waals surface area contributed by atoms with Crippen LogP contribution in [0.15, 0.2) is 24.3 Å². The number of carbonyl (C=O) groups excluding carboxylic acids is 3. The molecule has 1 spiro atoms. The summed E-state index contributed by atoms with van der Waals surface area (Å²) in [7, 11) is 1.34. The van der Waals surface area contributed by atoms with Crippen molar-refractivity contribution >= 4 is 75.5 Å². The number of benzene rings is 2. The maximum absolute atomic E-state index is 14.3. The maximum atomic E-state index is 14.3. The van der Waals surface area contributed by atoms with Crippen molar-refractivity contribution in [1.29, 1.82) is 0 Å². The second-order valence-corrected chi connectivity index (χ2v) is 11.1. The number of nitrogens with zero attached hydrogens (tertiary/aromatic N) is 2. The topological polar surface area (TPSA) is 78.9 Å². The molecule has 36 heavy (non-hydrogen) atoms. The van der Waals surface area contributed by atoms with Crippen LogP contribution in [0.1, 0.15) is 33.9 Å². The Labute approximate surface area is 236 Å². The van der Waals surface area contributed by atoms with Crippen molar-refractivity contribution in [2.75, 3.05) is 23.9 Å². The third-order valence-electron chi connectivity index (χ3n) is 7.56. The Morgan fingerprint density at radius 1 is 1.03 bits per heavy atom. The number of fused-ring (bicyclic) bond motifs is 7. The van der Waals surface area contributed by atoms with Crippen molar-refractivity contribution in [3.63, 3.8) is 0 Å². The summed E-state index contributed by atoms with van der Waals surface area (Å²) in [6.45, 7) is -6.63. The zero-order chi connectivity index (χ0) is 30.9. The monoisotopic (exact) mass is 573 g/mol. The van der Waals surface area contributed by atoms with Crippen LogP contribution in [0.2, 0.25) is 20.1 Å². The molecule has 4 aliphatic rings. The van der Waals surface area contributed by atoms with E-state index >= 15 is 0 Å². The van der Waals surface area contributed by atoms with E-state index in [1.54, 1.807) is 0 Å². The Morgan fingerprint density at radius 2 is 1.72 bits per heavy atom. The molecule has 3 amide bonds. The third kappa shape index (κ3) is 2.95. The van der Waals surface area contributed by atoms with E-state index in [0.717, 1.165) is 4.90 Å². The number of halogens is 4. The molecular weight excluding hydrogens is 548 g/mol. The summed E-state index contributed by atoms with van der Waals surface area (Å²) in [5.74, 6) is -4.83. The number of methoxy groups -OCH3 is 1. The summed E-state index contributed by atoms with van der Waals surface area (Å²) >= 11 is 25.4. The number of rotatable bonds is 2. The lowest BCUT2D eigenvalue weighted by Crippen LogP contribution is -2.54. The average molecular weight is 575 g/mol. The quantitative estimate of drug-likeness (QED) is 0.487. The highest BCUT2D eigenvalue weighted by molar-refractivity contribution is 6.39. The highest BCUT2D eigenvalue weighted by Crippen LogP contribution is 2.63. The first kappa shape index (κ1) is 18.3. The molecule has 3 fully saturated rings. The molecule has 0 bridgehead atoms. The van der Waals surface area contributed by atoms with Crippen LogP contribution < -0.4 is 15.0 Å². The molecule has 2 aromatic carbocycles. The fourth-order valence-electron chi connectivity index (χ4n) is 6.40. The highest BCUT2D eigenvalue weighted by Gasteiger charge is 2.76. The van der Waals surface area contributed by atoms with E-state index in [2.05, 4.69) is 5.32 Å². The first-order valence-electron chi connectivity index (χ1n) is 13.9. The van der Waals surface area contributed by atoms with Crippen molar-refractivity contribution < 1.29 is 27.3 Å². The van der Waals surface area contributed by atoms with E-state index in [-0.39, 0.29) is 42.8 Å². The number of hydrogen-bond donors (Lipinski definition) is 1. The Morgan fingerprint density at radius 3 is 2.36 bits per heavy atom. The lowest BCUT2D eigenvalue weighted by molar-refractivity contribution is -0.135. The summed E-state index contributed by atoms with van der Waals surface area (Å²) in [5, 5.41) is 2.89. The standard InChI is InChI=1S/C25H21Cl4N3O4/c1-24(2)8-16-17-18(22(34)32(21(17)33)11-6-14(28)20(36-3)15(29)7-11)25(31(16)9-24)12-4-10(26)5-13(27)19(12)30-23(25)35/h4-7,16-18H,8-9H2,1-3H3,(H,30,35)/i1D3,2D3. The molecule has 6 rings (SSSR count). The van der Waals surface area contributed by atoms with Crippen molar-refractivity contribution in [2.45, 2.75) is 31.7 Å². The van der Waals surface area contributed by atoms with Crippen molar-refractivity contribution in [3.05, 3.63) is 49.9 Å². The Bertz CT molecular complexity index is 1560. The third-order valence-corrected chi connectivity index (χ3v) is 8.64. The van der Waals surface area contributed by atoms with E-state index in [4.69, 9.17) is 59.4 Å². The minimum Gasteiger partial charge on any atom is -0.494 e. The summed E-state index contributed by atoms with van der Waals surface area (Å²) in [6.07, 6.45) is -0.503. The zero-order valence-electron chi connectivity index (χ0n) is 24.5. The first-order valence-corrected chi connectivity index (χ1v) is 12.4. The van der Waals surface area contributed by atoms with Gasteiger partial charge < -0.3 is 10.1 Å². The van der Waals surface area contributed by atoms with Gasteiger partial charge in [-0.25, -0.2) is 4.90 Å². The molecule has 4 heterocycles. The Balaban J connectivity index is 1.61. The molecule has 11 heteroatoms. The molecule has 7 nitrogen and oxygen atoms in total. The minimum atomic E-state index is -3.01. The van der Waals surface area contributed by atoms with Crippen molar-refractivity contribution in [2.24, 2.45) is 17.3 Å². The SMILES string of the molecule is [2H]C([2H])([2H])C1(C([2H])([2H])[2H])CC2C3C(=O)N(c4cc(Cl)c(OC)c(Cl)c4)C(=O)C3C3(C(=O)Nc4c(Cl)cc(Cl)cc43)N2C1. The van der Waals surface area contributed by atoms with Gasteiger partial charge in [-0.15, -0.1) is 0 Å². The van der Waals surface area contributed by atoms with Crippen LogP contribution >= 0.6 is 46.4 Å². The number of imide groups is 1. The predicted molar refractivity (Wildman–Crippen MR) is 138 cm³/mol. The van der Waals surface area contributed by atoms with E-state index in [1.165, 1.54) is 36.3 Å². The average Bonchev–Trinajstić information content (AvgIpc) is 3.53. The molecule has 4 atom stereocenters. The van der Waals surface area contributed by atoms with Gasteiger partial charge in [-0.3, -0.25) is 19.3 Å². The molecule has 2 aromatic rings. The van der Waals surface area contributed by atoms with Crippen LogP contribution in [0.25, 0.3) is 0 Å². The summed E-state index contributed by atoms with van der Waals surface area (Å²) in [5.41, 5.74) is -3.99. The molecule has 188 valence electrons. The lowest BCUT2D eigenvalue weighted by atomic mass is 9.73. The smallest absolute Gasteiger partial charge is 0.250 e. The van der Waals surface area contributed by atoms with Gasteiger partial charge >= 0.3 is 0 Å². The van der Waals surface area contributed by atoms with Crippen LogP contribution in [0.4, 0.5) is 11.4 Å². The second-order valence-electron chi connectivity index (χ2n) is 9.47. The molecule has 1 N–H and O–H groups in total.